The Balaban J connectivity index is 1.52. The minimum absolute atomic E-state index is 0.0526. The van der Waals surface area contributed by atoms with Crippen molar-refractivity contribution in [3.05, 3.63) is 72.2 Å². The van der Waals surface area contributed by atoms with E-state index in [2.05, 4.69) is 39.6 Å². The highest BCUT2D eigenvalue weighted by Crippen LogP contribution is 2.37. The molecule has 1 aliphatic heterocycles. The lowest BCUT2D eigenvalue weighted by atomic mass is 9.72. The number of benzene rings is 1. The highest BCUT2D eigenvalue weighted by molar-refractivity contribution is 5.92. The number of carbonyl (C=O) groups is 2. The number of aryl methyl sites for hydroxylation is 1. The molecule has 2 aromatic heterocycles. The smallest absolute Gasteiger partial charge is 0.291 e. The van der Waals surface area contributed by atoms with Gasteiger partial charge in [0.2, 0.25) is 11.7 Å². The van der Waals surface area contributed by atoms with Gasteiger partial charge in [-0.25, -0.2) is 4.98 Å². The fourth-order valence-corrected chi connectivity index (χ4v) is 4.43. The Morgan fingerprint density at radius 1 is 1.12 bits per heavy atom. The molecule has 0 spiro atoms. The van der Waals surface area contributed by atoms with E-state index in [1.54, 1.807) is 18.0 Å². The van der Waals surface area contributed by atoms with E-state index in [1.807, 2.05) is 32.2 Å². The summed E-state index contributed by atoms with van der Waals surface area (Å²) in [6.07, 6.45) is 6.71. The molecule has 1 N–H and O–H groups in total. The average Bonchev–Trinajstić information content (AvgIpc) is 3.25. The van der Waals surface area contributed by atoms with Crippen LogP contribution in [0.15, 0.2) is 59.6 Å². The van der Waals surface area contributed by atoms with Crippen molar-refractivity contribution in [3.63, 3.8) is 0 Å². The lowest BCUT2D eigenvalue weighted by Crippen LogP contribution is -2.52. The van der Waals surface area contributed by atoms with Crippen LogP contribution in [-0.4, -0.2) is 45.8 Å². The monoisotopic (exact) mass is 446 g/mol. The zero-order valence-corrected chi connectivity index (χ0v) is 19.4. The van der Waals surface area contributed by atoms with Crippen LogP contribution in [0, 0.1) is 12.3 Å². The van der Waals surface area contributed by atoms with Gasteiger partial charge in [-0.3, -0.25) is 14.6 Å². The van der Waals surface area contributed by atoms with E-state index in [-0.39, 0.29) is 23.6 Å². The summed E-state index contributed by atoms with van der Waals surface area (Å²) in [6, 6.07) is 12.3. The molecule has 0 bridgehead atoms. The number of hydrogen-bond acceptors (Lipinski definition) is 5. The lowest BCUT2D eigenvalue weighted by molar-refractivity contribution is -0.134. The van der Waals surface area contributed by atoms with Crippen LogP contribution in [0.3, 0.4) is 0 Å². The Hall–Kier alpha value is -3.48. The van der Waals surface area contributed by atoms with E-state index in [0.717, 1.165) is 16.7 Å². The van der Waals surface area contributed by atoms with Crippen LogP contribution in [0.1, 0.15) is 48.5 Å². The number of aromatic nitrogens is 2. The predicted octanol–water partition coefficient (Wildman–Crippen LogP) is 4.03. The largest absolute Gasteiger partial charge is 0.438 e. The van der Waals surface area contributed by atoms with E-state index in [9.17, 15) is 9.59 Å². The van der Waals surface area contributed by atoms with Gasteiger partial charge in [0.25, 0.3) is 5.91 Å². The zero-order valence-electron chi connectivity index (χ0n) is 19.4. The van der Waals surface area contributed by atoms with Gasteiger partial charge in [0.1, 0.15) is 0 Å². The summed E-state index contributed by atoms with van der Waals surface area (Å²) in [5.41, 5.74) is 3.28. The first kappa shape index (κ1) is 22.7. The van der Waals surface area contributed by atoms with Crippen molar-refractivity contribution >= 4 is 11.8 Å². The van der Waals surface area contributed by atoms with E-state index in [0.29, 0.717) is 38.0 Å². The maximum Gasteiger partial charge on any atom is 0.291 e. The third-order valence-electron chi connectivity index (χ3n) is 6.34. The molecule has 0 atom stereocenters. The number of rotatable bonds is 6. The number of nitrogens with zero attached hydrogens (tertiary/aromatic N) is 3. The van der Waals surface area contributed by atoms with Crippen LogP contribution < -0.4 is 5.32 Å². The molecule has 0 saturated carbocycles. The quantitative estimate of drug-likeness (QED) is 0.618. The summed E-state index contributed by atoms with van der Waals surface area (Å²) in [5, 5.41) is 3.11. The van der Waals surface area contributed by atoms with Gasteiger partial charge in [-0.1, -0.05) is 30.3 Å². The summed E-state index contributed by atoms with van der Waals surface area (Å²) in [5.74, 6) is 0.167. The molecule has 0 unspecified atom stereocenters. The van der Waals surface area contributed by atoms with Gasteiger partial charge in [0.05, 0.1) is 11.1 Å². The fraction of sp³-hybridized carbons (Fsp3) is 0.385. The van der Waals surface area contributed by atoms with Crippen LogP contribution in [0.5, 0.6) is 0 Å². The summed E-state index contributed by atoms with van der Waals surface area (Å²) >= 11 is 0. The number of pyridine rings is 1. The van der Waals surface area contributed by atoms with Gasteiger partial charge in [-0.05, 0) is 62.8 Å². The van der Waals surface area contributed by atoms with Crippen molar-refractivity contribution in [2.75, 3.05) is 13.1 Å². The molecule has 7 nitrogen and oxygen atoms in total. The van der Waals surface area contributed by atoms with E-state index >= 15 is 0 Å². The lowest BCUT2D eigenvalue weighted by Gasteiger charge is -2.41. The molecule has 33 heavy (non-hydrogen) atoms. The second-order valence-corrected chi connectivity index (χ2v) is 9.08. The van der Waals surface area contributed by atoms with Crippen LogP contribution in [-0.2, 0) is 11.2 Å². The fourth-order valence-electron chi connectivity index (χ4n) is 4.43. The maximum atomic E-state index is 13.3. The topological polar surface area (TPSA) is 88.3 Å². The third kappa shape index (κ3) is 4.97. The van der Waals surface area contributed by atoms with Gasteiger partial charge in [-0.15, -0.1) is 0 Å². The summed E-state index contributed by atoms with van der Waals surface area (Å²) in [6.45, 7) is 6.70. The SMILES string of the molecule is Cc1ncoc1C(=O)N1CCC(Cc2ccc(-c3cccnc3)cc2)(C(=O)NC(C)C)CC1. The molecule has 0 radical (unpaired) electrons. The Kier molecular flexibility index (Phi) is 6.58. The maximum absolute atomic E-state index is 13.3. The van der Waals surface area contributed by atoms with E-state index < -0.39 is 5.41 Å². The van der Waals surface area contributed by atoms with Crippen molar-refractivity contribution in [2.24, 2.45) is 5.41 Å². The third-order valence-corrected chi connectivity index (χ3v) is 6.34. The van der Waals surface area contributed by atoms with Crippen LogP contribution >= 0.6 is 0 Å². The highest BCUT2D eigenvalue weighted by Gasteiger charge is 2.43. The normalized spacial score (nSPS) is 15.5. The molecule has 3 heterocycles. The Morgan fingerprint density at radius 3 is 2.42 bits per heavy atom. The minimum Gasteiger partial charge on any atom is -0.438 e. The van der Waals surface area contributed by atoms with Crippen molar-refractivity contribution in [2.45, 2.75) is 46.1 Å². The van der Waals surface area contributed by atoms with Crippen molar-refractivity contribution in [1.82, 2.24) is 20.2 Å². The molecular formula is C26H30N4O3. The Labute approximate surface area is 194 Å². The number of hydrogen-bond donors (Lipinski definition) is 1. The second kappa shape index (κ2) is 9.57. The van der Waals surface area contributed by atoms with Gasteiger partial charge < -0.3 is 14.6 Å². The number of likely N-dealkylation sites (tertiary alicyclic amines) is 1. The highest BCUT2D eigenvalue weighted by atomic mass is 16.3. The second-order valence-electron chi connectivity index (χ2n) is 9.08. The zero-order chi connectivity index (χ0) is 23.4. The molecule has 7 heteroatoms. The van der Waals surface area contributed by atoms with Crippen molar-refractivity contribution in [1.29, 1.82) is 0 Å². The van der Waals surface area contributed by atoms with Crippen LogP contribution in [0.2, 0.25) is 0 Å². The first-order valence-corrected chi connectivity index (χ1v) is 11.4. The van der Waals surface area contributed by atoms with Crippen molar-refractivity contribution in [3.8, 4) is 11.1 Å². The molecule has 0 aliphatic carbocycles. The molecule has 1 aromatic carbocycles. The minimum atomic E-state index is -0.562. The molecule has 1 saturated heterocycles. The van der Waals surface area contributed by atoms with Crippen molar-refractivity contribution < 1.29 is 14.0 Å². The number of oxazole rings is 1. The molecule has 3 aromatic rings. The molecule has 2 amide bonds. The average molecular weight is 447 g/mol. The van der Waals surface area contributed by atoms with Crippen LogP contribution in [0.4, 0.5) is 0 Å². The number of carbonyl (C=O) groups excluding carboxylic acids is 2. The molecule has 1 fully saturated rings. The van der Waals surface area contributed by atoms with Gasteiger partial charge in [-0.2, -0.15) is 0 Å². The standard InChI is InChI=1S/C26H30N4O3/c1-18(2)29-25(32)26(10-13-30(14-11-26)24(31)23-19(3)28-17-33-23)15-20-6-8-21(9-7-20)22-5-4-12-27-16-22/h4-9,12,16-18H,10-11,13-15H2,1-3H3,(H,29,32). The summed E-state index contributed by atoms with van der Waals surface area (Å²) < 4.78 is 5.29. The summed E-state index contributed by atoms with van der Waals surface area (Å²) in [4.78, 5) is 36.2. The molecule has 4 rings (SSSR count). The van der Waals surface area contributed by atoms with E-state index in [1.165, 1.54) is 6.39 Å². The molecular weight excluding hydrogens is 416 g/mol. The summed E-state index contributed by atoms with van der Waals surface area (Å²) in [7, 11) is 0. The molecule has 172 valence electrons. The van der Waals surface area contributed by atoms with E-state index in [4.69, 9.17) is 4.42 Å². The van der Waals surface area contributed by atoms with Crippen LogP contribution in [0.25, 0.3) is 11.1 Å². The first-order valence-electron chi connectivity index (χ1n) is 11.4. The molecule has 1 aliphatic rings. The van der Waals surface area contributed by atoms with Gasteiger partial charge in [0.15, 0.2) is 6.39 Å². The number of nitrogens with one attached hydrogen (secondary N) is 1. The Morgan fingerprint density at radius 2 is 1.85 bits per heavy atom. The first-order chi connectivity index (χ1) is 15.9. The van der Waals surface area contributed by atoms with Gasteiger partial charge in [0, 0.05) is 31.5 Å². The predicted molar refractivity (Wildman–Crippen MR) is 125 cm³/mol. The number of amides is 2. The Bertz CT molecular complexity index is 1100. The van der Waals surface area contributed by atoms with Gasteiger partial charge >= 0.3 is 0 Å². The number of piperidine rings is 1.